The molecule has 2 aromatic rings. The Morgan fingerprint density at radius 1 is 1.04 bits per heavy atom. The summed E-state index contributed by atoms with van der Waals surface area (Å²) >= 11 is 0. The number of alkyl halides is 3. The summed E-state index contributed by atoms with van der Waals surface area (Å²) in [6.45, 7) is -0.233. The zero-order valence-corrected chi connectivity index (χ0v) is 13.0. The van der Waals surface area contributed by atoms with E-state index in [4.69, 9.17) is 9.47 Å². The Morgan fingerprint density at radius 3 is 2.29 bits per heavy atom. The van der Waals surface area contributed by atoms with E-state index in [9.17, 15) is 13.2 Å². The van der Waals surface area contributed by atoms with Crippen LogP contribution in [0, 0.1) is 0 Å². The van der Waals surface area contributed by atoms with Crippen molar-refractivity contribution in [2.75, 3.05) is 13.7 Å². The van der Waals surface area contributed by atoms with Gasteiger partial charge in [0.1, 0.15) is 12.4 Å². The Labute approximate surface area is 138 Å². The van der Waals surface area contributed by atoms with Crippen molar-refractivity contribution in [1.82, 2.24) is 0 Å². The van der Waals surface area contributed by atoms with Crippen LogP contribution in [-0.4, -0.2) is 25.8 Å². The average molecular weight is 335 g/mol. The third-order valence-electron chi connectivity index (χ3n) is 2.97. The molecule has 0 unspecified atom stereocenters. The van der Waals surface area contributed by atoms with Crippen LogP contribution in [0.4, 0.5) is 18.9 Å². The van der Waals surface area contributed by atoms with Crippen molar-refractivity contribution in [2.45, 2.75) is 6.18 Å². The van der Waals surface area contributed by atoms with Crippen molar-refractivity contribution in [3.05, 3.63) is 66.2 Å². The molecular weight excluding hydrogens is 319 g/mol. The van der Waals surface area contributed by atoms with Crippen LogP contribution in [-0.2, 0) is 4.74 Å². The number of aliphatic imine (C=N–C) groups is 1. The number of benzene rings is 2. The predicted octanol–water partition coefficient (Wildman–Crippen LogP) is 5.02. The van der Waals surface area contributed by atoms with Gasteiger partial charge in [-0.1, -0.05) is 36.4 Å². The van der Waals surface area contributed by atoms with Crippen molar-refractivity contribution in [3.63, 3.8) is 0 Å². The van der Waals surface area contributed by atoms with Crippen LogP contribution >= 0.6 is 0 Å². The second-order valence-electron chi connectivity index (χ2n) is 4.74. The van der Waals surface area contributed by atoms with Gasteiger partial charge in [-0.25, -0.2) is 4.99 Å². The van der Waals surface area contributed by atoms with Crippen molar-refractivity contribution >= 4 is 17.7 Å². The molecule has 6 heteroatoms. The summed E-state index contributed by atoms with van der Waals surface area (Å²) in [6, 6.07) is 15.1. The number of methoxy groups -OCH3 is 1. The lowest BCUT2D eigenvalue weighted by atomic mass is 10.2. The fourth-order valence-corrected chi connectivity index (χ4v) is 1.83. The average Bonchev–Trinajstić information content (AvgIpc) is 2.58. The van der Waals surface area contributed by atoms with E-state index in [1.54, 1.807) is 6.08 Å². The van der Waals surface area contributed by atoms with Gasteiger partial charge in [0.2, 0.25) is 0 Å². The number of halogens is 3. The van der Waals surface area contributed by atoms with Gasteiger partial charge < -0.3 is 9.47 Å². The van der Waals surface area contributed by atoms with Gasteiger partial charge >= 0.3 is 6.18 Å². The van der Waals surface area contributed by atoms with E-state index >= 15 is 0 Å². The summed E-state index contributed by atoms with van der Waals surface area (Å²) in [5.74, 6) is -0.750. The minimum absolute atomic E-state index is 0.134. The normalized spacial score (nSPS) is 12.4. The molecular formula is C18H16F3NO2. The first-order valence-electron chi connectivity index (χ1n) is 7.13. The molecule has 0 aliphatic carbocycles. The molecule has 0 amide bonds. The van der Waals surface area contributed by atoms with Gasteiger partial charge in [-0.2, -0.15) is 13.2 Å². The van der Waals surface area contributed by atoms with Crippen LogP contribution in [0.25, 0.3) is 6.08 Å². The topological polar surface area (TPSA) is 30.8 Å². The first-order valence-corrected chi connectivity index (χ1v) is 7.13. The summed E-state index contributed by atoms with van der Waals surface area (Å²) in [7, 11) is 1.47. The second-order valence-corrected chi connectivity index (χ2v) is 4.74. The van der Waals surface area contributed by atoms with Gasteiger partial charge in [-0.15, -0.1) is 0 Å². The summed E-state index contributed by atoms with van der Waals surface area (Å²) < 4.78 is 48.7. The molecule has 0 bridgehead atoms. The van der Waals surface area contributed by atoms with Gasteiger partial charge in [0, 0.05) is 0 Å². The zero-order valence-electron chi connectivity index (χ0n) is 13.0. The van der Waals surface area contributed by atoms with E-state index in [1.807, 2.05) is 30.3 Å². The molecule has 0 aromatic heterocycles. The Hall–Kier alpha value is -2.76. The molecule has 24 heavy (non-hydrogen) atoms. The lowest BCUT2D eigenvalue weighted by molar-refractivity contribution is -0.0769. The lowest BCUT2D eigenvalue weighted by Crippen LogP contribution is -2.25. The van der Waals surface area contributed by atoms with Crippen molar-refractivity contribution in [2.24, 2.45) is 4.99 Å². The monoisotopic (exact) mass is 335 g/mol. The van der Waals surface area contributed by atoms with Gasteiger partial charge in [-0.3, -0.25) is 0 Å². The SMILES string of the molecule is COc1ccc(N=C(OC/C=C/c2ccccc2)C(F)(F)F)cc1. The molecule has 0 N–H and O–H groups in total. The number of nitrogens with zero attached hydrogens (tertiary/aromatic N) is 1. The smallest absolute Gasteiger partial charge is 0.468 e. The molecule has 0 fully saturated rings. The highest BCUT2D eigenvalue weighted by Gasteiger charge is 2.38. The molecule has 0 aliphatic rings. The molecule has 2 rings (SSSR count). The van der Waals surface area contributed by atoms with E-state index in [0.717, 1.165) is 5.56 Å². The number of hydrogen-bond donors (Lipinski definition) is 0. The summed E-state index contributed by atoms with van der Waals surface area (Å²) in [5, 5.41) is 0. The maximum Gasteiger partial charge on any atom is 0.468 e. The largest absolute Gasteiger partial charge is 0.497 e. The van der Waals surface area contributed by atoms with E-state index in [2.05, 4.69) is 4.99 Å². The second kappa shape index (κ2) is 8.19. The third-order valence-corrected chi connectivity index (χ3v) is 2.97. The maximum absolute atomic E-state index is 13.0. The van der Waals surface area contributed by atoms with Crippen LogP contribution in [0.1, 0.15) is 5.56 Å². The molecule has 0 heterocycles. The summed E-state index contributed by atoms with van der Waals surface area (Å²) in [6.07, 6.45) is -1.48. The number of rotatable bonds is 5. The van der Waals surface area contributed by atoms with Gasteiger partial charge in [-0.05, 0) is 35.9 Å². The van der Waals surface area contributed by atoms with Crippen LogP contribution in [0.2, 0.25) is 0 Å². The molecule has 0 spiro atoms. The highest BCUT2D eigenvalue weighted by molar-refractivity contribution is 5.84. The predicted molar refractivity (Wildman–Crippen MR) is 87.6 cm³/mol. The van der Waals surface area contributed by atoms with Crippen molar-refractivity contribution < 1.29 is 22.6 Å². The quantitative estimate of drug-likeness (QED) is 0.567. The van der Waals surface area contributed by atoms with Crippen molar-refractivity contribution in [3.8, 4) is 5.75 Å². The van der Waals surface area contributed by atoms with Crippen LogP contribution in [0.5, 0.6) is 5.75 Å². The van der Waals surface area contributed by atoms with E-state index in [0.29, 0.717) is 5.75 Å². The number of ether oxygens (including phenoxy) is 2. The number of hydrogen-bond acceptors (Lipinski definition) is 3. The first kappa shape index (κ1) is 17.6. The van der Waals surface area contributed by atoms with Crippen LogP contribution < -0.4 is 4.74 Å². The molecule has 0 saturated carbocycles. The summed E-state index contributed by atoms with van der Waals surface area (Å²) in [4.78, 5) is 3.53. The molecule has 0 saturated heterocycles. The Kier molecular flexibility index (Phi) is 6.01. The van der Waals surface area contributed by atoms with Gasteiger partial charge in [0.05, 0.1) is 12.8 Å². The molecule has 3 nitrogen and oxygen atoms in total. The standard InChI is InChI=1S/C18H16F3NO2/c1-23-16-11-9-15(10-12-16)22-17(18(19,20)21)24-13-5-8-14-6-3-2-4-7-14/h2-12H,13H2,1H3/b8-5+,22-17?. The fraction of sp³-hybridized carbons (Fsp3) is 0.167. The highest BCUT2D eigenvalue weighted by atomic mass is 19.4. The Morgan fingerprint density at radius 2 is 1.71 bits per heavy atom. The van der Waals surface area contributed by atoms with Crippen LogP contribution in [0.15, 0.2) is 65.7 Å². The fourth-order valence-electron chi connectivity index (χ4n) is 1.83. The molecule has 0 radical (unpaired) electrons. The zero-order chi connectivity index (χ0) is 17.4. The van der Waals surface area contributed by atoms with Gasteiger partial charge in [0.25, 0.3) is 5.90 Å². The maximum atomic E-state index is 13.0. The van der Waals surface area contributed by atoms with Crippen LogP contribution in [0.3, 0.4) is 0 Å². The molecule has 0 atom stereocenters. The van der Waals surface area contributed by atoms with E-state index in [-0.39, 0.29) is 12.3 Å². The summed E-state index contributed by atoms with van der Waals surface area (Å²) in [5.41, 5.74) is 1.01. The Bertz CT molecular complexity index is 692. The first-order chi connectivity index (χ1) is 11.5. The highest BCUT2D eigenvalue weighted by Crippen LogP contribution is 2.24. The molecule has 126 valence electrons. The molecule has 2 aromatic carbocycles. The molecule has 0 aliphatic heterocycles. The van der Waals surface area contributed by atoms with Crippen molar-refractivity contribution in [1.29, 1.82) is 0 Å². The van der Waals surface area contributed by atoms with E-state index < -0.39 is 12.1 Å². The lowest BCUT2D eigenvalue weighted by Gasteiger charge is -2.11. The Balaban J connectivity index is 2.05. The van der Waals surface area contributed by atoms with Gasteiger partial charge in [0.15, 0.2) is 0 Å². The minimum Gasteiger partial charge on any atom is -0.497 e. The third kappa shape index (κ3) is 5.46. The minimum atomic E-state index is -4.67. The van der Waals surface area contributed by atoms with E-state index in [1.165, 1.54) is 37.5 Å².